The number of aryl methyl sites for hydroxylation is 2. The molecule has 42 heavy (non-hydrogen) atoms. The second kappa shape index (κ2) is 14.4. The second-order valence-electron chi connectivity index (χ2n) is 10.5. The van der Waals surface area contributed by atoms with Gasteiger partial charge in [0.15, 0.2) is 11.9 Å². The average molecular weight is 634 g/mol. The fourth-order valence-corrected chi connectivity index (χ4v) is 5.64. The van der Waals surface area contributed by atoms with E-state index in [0.29, 0.717) is 24.4 Å². The van der Waals surface area contributed by atoms with Gasteiger partial charge in [-0.3, -0.25) is 4.79 Å². The zero-order chi connectivity index (χ0) is 30.2. The minimum Gasteiger partial charge on any atom is -0.497 e. The first-order chi connectivity index (χ1) is 20.2. The summed E-state index contributed by atoms with van der Waals surface area (Å²) in [6.07, 6.45) is 3.25. The Hall–Kier alpha value is -3.75. The number of rotatable bonds is 14. The SMILES string of the molecule is CCC(OCc1cccc(C(C)CCCn2cc(-c3ccc(OC)cc3)nc2C(=O)c2ccc(C)cc2)c1Br)C(=O)O. The number of carbonyl (C=O) groups excluding carboxylic acids is 1. The van der Waals surface area contributed by atoms with Crippen LogP contribution in [0.15, 0.2) is 77.4 Å². The molecule has 0 radical (unpaired) electrons. The first kappa shape index (κ1) is 31.2. The molecule has 0 fully saturated rings. The Bertz CT molecular complexity index is 1510. The van der Waals surface area contributed by atoms with Crippen molar-refractivity contribution in [3.05, 3.63) is 105 Å². The molecule has 0 spiro atoms. The quantitative estimate of drug-likeness (QED) is 0.142. The predicted octanol–water partition coefficient (Wildman–Crippen LogP) is 7.82. The highest BCUT2D eigenvalue weighted by atomic mass is 79.9. The molecule has 0 aliphatic carbocycles. The smallest absolute Gasteiger partial charge is 0.332 e. The maximum atomic E-state index is 13.5. The summed E-state index contributed by atoms with van der Waals surface area (Å²) in [7, 11) is 1.63. The van der Waals surface area contributed by atoms with Gasteiger partial charge in [-0.2, -0.15) is 0 Å². The van der Waals surface area contributed by atoms with Crippen LogP contribution in [0.4, 0.5) is 0 Å². The molecule has 0 amide bonds. The van der Waals surface area contributed by atoms with E-state index in [2.05, 4.69) is 28.9 Å². The summed E-state index contributed by atoms with van der Waals surface area (Å²) in [5.41, 5.74) is 5.42. The van der Waals surface area contributed by atoms with E-state index >= 15 is 0 Å². The Balaban J connectivity index is 1.50. The number of ketones is 1. The van der Waals surface area contributed by atoms with E-state index < -0.39 is 12.1 Å². The number of aliphatic carboxylic acids is 1. The third-order valence-electron chi connectivity index (χ3n) is 7.44. The molecule has 0 saturated heterocycles. The van der Waals surface area contributed by atoms with Gasteiger partial charge in [0, 0.05) is 28.3 Å². The van der Waals surface area contributed by atoms with Crippen molar-refractivity contribution in [2.45, 2.75) is 65.2 Å². The Morgan fingerprint density at radius 3 is 2.40 bits per heavy atom. The Morgan fingerprint density at radius 2 is 1.76 bits per heavy atom. The van der Waals surface area contributed by atoms with Crippen molar-refractivity contribution in [3.8, 4) is 17.0 Å². The van der Waals surface area contributed by atoms with Gasteiger partial charge in [-0.05, 0) is 67.5 Å². The van der Waals surface area contributed by atoms with Crippen molar-refractivity contribution in [2.24, 2.45) is 0 Å². The van der Waals surface area contributed by atoms with Gasteiger partial charge in [-0.25, -0.2) is 9.78 Å². The van der Waals surface area contributed by atoms with Crippen LogP contribution >= 0.6 is 15.9 Å². The molecule has 3 aromatic carbocycles. The summed E-state index contributed by atoms with van der Waals surface area (Å²) in [5.74, 6) is 0.346. The average Bonchev–Trinajstić information content (AvgIpc) is 3.42. The highest BCUT2D eigenvalue weighted by Crippen LogP contribution is 2.32. The molecule has 7 nitrogen and oxygen atoms in total. The van der Waals surface area contributed by atoms with Gasteiger partial charge in [-0.15, -0.1) is 0 Å². The number of hydrogen-bond acceptors (Lipinski definition) is 5. The molecule has 4 aromatic rings. The third-order valence-corrected chi connectivity index (χ3v) is 8.41. The van der Waals surface area contributed by atoms with Crippen molar-refractivity contribution in [3.63, 3.8) is 0 Å². The van der Waals surface area contributed by atoms with Crippen molar-refractivity contribution in [1.82, 2.24) is 9.55 Å². The van der Waals surface area contributed by atoms with Crippen LogP contribution in [0.5, 0.6) is 5.75 Å². The highest BCUT2D eigenvalue weighted by Gasteiger charge is 2.20. The van der Waals surface area contributed by atoms with Crippen molar-refractivity contribution in [2.75, 3.05) is 7.11 Å². The second-order valence-corrected chi connectivity index (χ2v) is 11.3. The highest BCUT2D eigenvalue weighted by molar-refractivity contribution is 9.10. The third kappa shape index (κ3) is 7.55. The van der Waals surface area contributed by atoms with E-state index in [0.717, 1.165) is 51.0 Å². The van der Waals surface area contributed by atoms with Gasteiger partial charge < -0.3 is 19.1 Å². The lowest BCUT2D eigenvalue weighted by Crippen LogP contribution is -2.22. The van der Waals surface area contributed by atoms with E-state index in [4.69, 9.17) is 14.5 Å². The summed E-state index contributed by atoms with van der Waals surface area (Å²) in [6.45, 7) is 6.83. The van der Waals surface area contributed by atoms with E-state index in [9.17, 15) is 14.7 Å². The number of imidazole rings is 1. The molecule has 0 bridgehead atoms. The van der Waals surface area contributed by atoms with E-state index in [1.165, 1.54) is 0 Å². The molecule has 0 aliphatic heterocycles. The number of halogens is 1. The number of methoxy groups -OCH3 is 1. The summed E-state index contributed by atoms with van der Waals surface area (Å²) in [5, 5.41) is 9.30. The number of hydrogen-bond donors (Lipinski definition) is 1. The van der Waals surface area contributed by atoms with Crippen LogP contribution in [-0.4, -0.2) is 39.6 Å². The molecule has 2 atom stereocenters. The molecule has 8 heteroatoms. The lowest BCUT2D eigenvalue weighted by atomic mass is 9.94. The lowest BCUT2D eigenvalue weighted by molar-refractivity contribution is -0.151. The van der Waals surface area contributed by atoms with Gasteiger partial charge in [0.05, 0.1) is 19.4 Å². The minimum absolute atomic E-state index is 0.106. The number of carboxylic acid groups (broad SMARTS) is 1. The first-order valence-electron chi connectivity index (χ1n) is 14.2. The fourth-order valence-electron chi connectivity index (χ4n) is 4.87. The summed E-state index contributed by atoms with van der Waals surface area (Å²) >= 11 is 3.73. The number of nitrogens with zero attached hydrogens (tertiary/aromatic N) is 2. The molecular weight excluding hydrogens is 596 g/mol. The molecule has 0 saturated carbocycles. The van der Waals surface area contributed by atoms with Gasteiger partial charge in [0.2, 0.25) is 5.78 Å². The van der Waals surface area contributed by atoms with Gasteiger partial charge in [0.1, 0.15) is 5.75 Å². The predicted molar refractivity (Wildman–Crippen MR) is 167 cm³/mol. The van der Waals surface area contributed by atoms with Crippen LogP contribution in [-0.2, 0) is 22.7 Å². The van der Waals surface area contributed by atoms with Crippen LogP contribution in [0.3, 0.4) is 0 Å². The Labute approximate surface area is 255 Å². The summed E-state index contributed by atoms with van der Waals surface area (Å²) < 4.78 is 13.8. The maximum Gasteiger partial charge on any atom is 0.332 e. The molecular formula is C34H37BrN2O5. The van der Waals surface area contributed by atoms with Gasteiger partial charge >= 0.3 is 5.97 Å². The Morgan fingerprint density at radius 1 is 1.05 bits per heavy atom. The van der Waals surface area contributed by atoms with Crippen molar-refractivity contribution in [1.29, 1.82) is 0 Å². The molecule has 1 heterocycles. The van der Waals surface area contributed by atoms with Crippen LogP contribution in [0.25, 0.3) is 11.3 Å². The Kier molecular flexibility index (Phi) is 10.7. The molecule has 2 unspecified atom stereocenters. The van der Waals surface area contributed by atoms with E-state index in [1.807, 2.05) is 78.4 Å². The number of carbonyl (C=O) groups is 2. The zero-order valence-corrected chi connectivity index (χ0v) is 26.1. The van der Waals surface area contributed by atoms with Crippen LogP contribution in [0.2, 0.25) is 0 Å². The van der Waals surface area contributed by atoms with Gasteiger partial charge in [-0.1, -0.05) is 77.8 Å². The largest absolute Gasteiger partial charge is 0.497 e. The molecule has 1 N–H and O–H groups in total. The molecule has 0 aliphatic rings. The van der Waals surface area contributed by atoms with Crippen molar-refractivity contribution < 1.29 is 24.2 Å². The summed E-state index contributed by atoms with van der Waals surface area (Å²) in [6, 6.07) is 21.2. The number of ether oxygens (including phenoxy) is 2. The summed E-state index contributed by atoms with van der Waals surface area (Å²) in [4.78, 5) is 29.7. The van der Waals surface area contributed by atoms with Crippen molar-refractivity contribution >= 4 is 27.7 Å². The number of aromatic nitrogens is 2. The number of carboxylic acids is 1. The monoisotopic (exact) mass is 632 g/mol. The standard InChI is InChI=1S/C34H37BrN2O5/c1-5-30(34(39)40)42-21-26-9-6-10-28(31(26)35)23(3)8-7-19-37-20-29(24-15-17-27(41-4)18-16-24)36-33(37)32(38)25-13-11-22(2)12-14-25/h6,9-18,20,23,30H,5,7-8,19,21H2,1-4H3,(H,39,40). The lowest BCUT2D eigenvalue weighted by Gasteiger charge is -2.18. The van der Waals surface area contributed by atoms with Crippen LogP contribution < -0.4 is 4.74 Å². The van der Waals surface area contributed by atoms with Crippen LogP contribution in [0.1, 0.15) is 71.9 Å². The van der Waals surface area contributed by atoms with E-state index in [-0.39, 0.29) is 18.3 Å². The van der Waals surface area contributed by atoms with Crippen LogP contribution in [0, 0.1) is 6.92 Å². The zero-order valence-electron chi connectivity index (χ0n) is 24.5. The minimum atomic E-state index is -0.951. The molecule has 4 rings (SSSR count). The topological polar surface area (TPSA) is 90.7 Å². The van der Waals surface area contributed by atoms with E-state index in [1.54, 1.807) is 14.0 Å². The molecule has 1 aromatic heterocycles. The molecule has 220 valence electrons. The first-order valence-corrected chi connectivity index (χ1v) is 15.0. The van der Waals surface area contributed by atoms with Gasteiger partial charge in [0.25, 0.3) is 0 Å². The fraction of sp³-hybridized carbons (Fsp3) is 0.324. The number of benzene rings is 3. The normalized spacial score (nSPS) is 12.6. The maximum absolute atomic E-state index is 13.5.